The quantitative estimate of drug-likeness (QED) is 0.879. The van der Waals surface area contributed by atoms with E-state index in [1.165, 1.54) is 6.07 Å². The first-order valence-electron chi connectivity index (χ1n) is 6.98. The molecule has 0 bridgehead atoms. The number of ether oxygens (including phenoxy) is 1. The largest absolute Gasteiger partial charge is 0.381 e. The van der Waals surface area contributed by atoms with Gasteiger partial charge in [0.05, 0.1) is 6.61 Å². The maximum atomic E-state index is 13.5. The van der Waals surface area contributed by atoms with Crippen LogP contribution in [0.5, 0.6) is 0 Å². The molecule has 1 aliphatic rings. The van der Waals surface area contributed by atoms with Crippen LogP contribution in [0.25, 0.3) is 0 Å². The third-order valence-electron chi connectivity index (χ3n) is 3.57. The summed E-state index contributed by atoms with van der Waals surface area (Å²) in [5.41, 5.74) is 1.00. The number of rotatable bonds is 5. The second kappa shape index (κ2) is 7.36. The maximum absolute atomic E-state index is 13.5. The predicted octanol–water partition coefficient (Wildman–Crippen LogP) is 4.06. The number of nitrogens with one attached hydrogen (secondary N) is 1. The van der Waals surface area contributed by atoms with Gasteiger partial charge >= 0.3 is 0 Å². The highest BCUT2D eigenvalue weighted by atomic mass is 79.9. The fourth-order valence-corrected chi connectivity index (χ4v) is 3.11. The van der Waals surface area contributed by atoms with E-state index in [4.69, 9.17) is 4.74 Å². The molecule has 106 valence electrons. The summed E-state index contributed by atoms with van der Waals surface area (Å²) in [6, 6.07) is 5.06. The highest BCUT2D eigenvalue weighted by molar-refractivity contribution is 9.10. The SMILES string of the molecule is CCCNC(c1cc(F)ccc1Br)C1CCCOC1. The van der Waals surface area contributed by atoms with Crippen LogP contribution in [0, 0.1) is 11.7 Å². The summed E-state index contributed by atoms with van der Waals surface area (Å²) < 4.78 is 20.1. The zero-order valence-electron chi connectivity index (χ0n) is 11.3. The van der Waals surface area contributed by atoms with E-state index in [1.54, 1.807) is 12.1 Å². The Hall–Kier alpha value is -0.450. The minimum absolute atomic E-state index is 0.158. The smallest absolute Gasteiger partial charge is 0.123 e. The highest BCUT2D eigenvalue weighted by Gasteiger charge is 2.26. The molecule has 1 fully saturated rings. The Bertz CT molecular complexity index is 407. The molecule has 2 atom stereocenters. The van der Waals surface area contributed by atoms with Gasteiger partial charge in [-0.05, 0) is 49.6 Å². The molecule has 0 aliphatic carbocycles. The maximum Gasteiger partial charge on any atom is 0.123 e. The normalized spacial score (nSPS) is 21.3. The van der Waals surface area contributed by atoms with Crippen LogP contribution in [0.1, 0.15) is 37.8 Å². The van der Waals surface area contributed by atoms with Crippen LogP contribution in [0.2, 0.25) is 0 Å². The van der Waals surface area contributed by atoms with Crippen LogP contribution in [-0.2, 0) is 4.74 Å². The number of halogens is 2. The molecule has 2 nitrogen and oxygen atoms in total. The summed E-state index contributed by atoms with van der Waals surface area (Å²) in [6.07, 6.45) is 3.28. The molecular weight excluding hydrogens is 309 g/mol. The van der Waals surface area contributed by atoms with Gasteiger partial charge in [0, 0.05) is 23.0 Å². The van der Waals surface area contributed by atoms with Crippen LogP contribution in [0.15, 0.2) is 22.7 Å². The van der Waals surface area contributed by atoms with Gasteiger partial charge in [0.15, 0.2) is 0 Å². The van der Waals surface area contributed by atoms with Crippen molar-refractivity contribution in [3.63, 3.8) is 0 Å². The fourth-order valence-electron chi connectivity index (χ4n) is 2.61. The van der Waals surface area contributed by atoms with Gasteiger partial charge in [-0.1, -0.05) is 22.9 Å². The summed E-state index contributed by atoms with van der Waals surface area (Å²) in [5, 5.41) is 3.55. The molecule has 2 rings (SSSR count). The van der Waals surface area contributed by atoms with E-state index in [0.29, 0.717) is 5.92 Å². The molecule has 1 aromatic carbocycles. The van der Waals surface area contributed by atoms with Crippen molar-refractivity contribution in [3.05, 3.63) is 34.1 Å². The molecule has 2 unspecified atom stereocenters. The van der Waals surface area contributed by atoms with Crippen molar-refractivity contribution in [2.75, 3.05) is 19.8 Å². The van der Waals surface area contributed by atoms with Crippen LogP contribution in [-0.4, -0.2) is 19.8 Å². The lowest BCUT2D eigenvalue weighted by molar-refractivity contribution is 0.0389. The molecule has 0 aromatic heterocycles. The average Bonchev–Trinajstić information content (AvgIpc) is 2.44. The number of benzene rings is 1. The first kappa shape index (κ1) is 14.9. The Labute approximate surface area is 122 Å². The lowest BCUT2D eigenvalue weighted by Gasteiger charge is -2.32. The molecule has 1 N–H and O–H groups in total. The second-order valence-electron chi connectivity index (χ2n) is 5.07. The molecule has 1 heterocycles. The summed E-state index contributed by atoms with van der Waals surface area (Å²) >= 11 is 3.54. The van der Waals surface area contributed by atoms with E-state index in [9.17, 15) is 4.39 Å². The molecule has 4 heteroatoms. The third-order valence-corrected chi connectivity index (χ3v) is 4.30. The summed E-state index contributed by atoms with van der Waals surface area (Å²) in [7, 11) is 0. The van der Waals surface area contributed by atoms with E-state index in [2.05, 4.69) is 28.2 Å². The van der Waals surface area contributed by atoms with Crippen molar-refractivity contribution >= 4 is 15.9 Å². The Kier molecular flexibility index (Phi) is 5.79. The van der Waals surface area contributed by atoms with Crippen LogP contribution < -0.4 is 5.32 Å². The Morgan fingerprint density at radius 3 is 3.05 bits per heavy atom. The van der Waals surface area contributed by atoms with E-state index < -0.39 is 0 Å². The summed E-state index contributed by atoms with van der Waals surface area (Å²) in [5.74, 6) is 0.233. The van der Waals surface area contributed by atoms with Crippen molar-refractivity contribution in [1.82, 2.24) is 5.32 Å². The van der Waals surface area contributed by atoms with Gasteiger partial charge in [-0.2, -0.15) is 0 Å². The van der Waals surface area contributed by atoms with Crippen LogP contribution in [0.3, 0.4) is 0 Å². The van der Waals surface area contributed by atoms with Gasteiger partial charge in [0.2, 0.25) is 0 Å². The average molecular weight is 330 g/mol. The van der Waals surface area contributed by atoms with Crippen molar-refractivity contribution in [1.29, 1.82) is 0 Å². The minimum atomic E-state index is -0.182. The lowest BCUT2D eigenvalue weighted by atomic mass is 9.88. The Morgan fingerprint density at radius 1 is 1.53 bits per heavy atom. The van der Waals surface area contributed by atoms with Gasteiger partial charge in [-0.25, -0.2) is 4.39 Å². The molecule has 0 amide bonds. The van der Waals surface area contributed by atoms with Crippen molar-refractivity contribution < 1.29 is 9.13 Å². The van der Waals surface area contributed by atoms with Gasteiger partial charge < -0.3 is 10.1 Å². The van der Waals surface area contributed by atoms with Crippen molar-refractivity contribution in [2.45, 2.75) is 32.2 Å². The first-order valence-corrected chi connectivity index (χ1v) is 7.77. The van der Waals surface area contributed by atoms with Crippen LogP contribution >= 0.6 is 15.9 Å². The van der Waals surface area contributed by atoms with Crippen molar-refractivity contribution in [3.8, 4) is 0 Å². The molecule has 0 spiro atoms. The monoisotopic (exact) mass is 329 g/mol. The molecule has 1 aromatic rings. The molecule has 0 saturated carbocycles. The van der Waals surface area contributed by atoms with E-state index in [0.717, 1.165) is 49.1 Å². The molecule has 1 saturated heterocycles. The second-order valence-corrected chi connectivity index (χ2v) is 5.93. The van der Waals surface area contributed by atoms with Gasteiger partial charge in [-0.15, -0.1) is 0 Å². The third kappa shape index (κ3) is 4.01. The topological polar surface area (TPSA) is 21.3 Å². The van der Waals surface area contributed by atoms with Gasteiger partial charge in [0.25, 0.3) is 0 Å². The van der Waals surface area contributed by atoms with Crippen LogP contribution in [0.4, 0.5) is 4.39 Å². The van der Waals surface area contributed by atoms with E-state index >= 15 is 0 Å². The Balaban J connectivity index is 2.22. The zero-order chi connectivity index (χ0) is 13.7. The zero-order valence-corrected chi connectivity index (χ0v) is 12.9. The van der Waals surface area contributed by atoms with Crippen molar-refractivity contribution in [2.24, 2.45) is 5.92 Å². The highest BCUT2D eigenvalue weighted by Crippen LogP contribution is 2.33. The standard InChI is InChI=1S/C15H21BrFNO/c1-2-7-18-15(11-4-3-8-19-10-11)13-9-12(17)5-6-14(13)16/h5-6,9,11,15,18H,2-4,7-8,10H2,1H3. The lowest BCUT2D eigenvalue weighted by Crippen LogP contribution is -2.34. The predicted molar refractivity (Wildman–Crippen MR) is 78.7 cm³/mol. The minimum Gasteiger partial charge on any atom is -0.381 e. The first-order chi connectivity index (χ1) is 9.22. The van der Waals surface area contributed by atoms with E-state index in [1.807, 2.05) is 0 Å². The van der Waals surface area contributed by atoms with Gasteiger partial charge in [-0.3, -0.25) is 0 Å². The molecule has 19 heavy (non-hydrogen) atoms. The molecule has 1 aliphatic heterocycles. The fraction of sp³-hybridized carbons (Fsp3) is 0.600. The molecular formula is C15H21BrFNO. The Morgan fingerprint density at radius 2 is 2.37 bits per heavy atom. The molecule has 0 radical (unpaired) electrons. The summed E-state index contributed by atoms with van der Waals surface area (Å²) in [6.45, 7) is 4.68. The van der Waals surface area contributed by atoms with Gasteiger partial charge in [0.1, 0.15) is 5.82 Å². The number of hydrogen-bond donors (Lipinski definition) is 1. The number of hydrogen-bond acceptors (Lipinski definition) is 2. The summed E-state index contributed by atoms with van der Waals surface area (Å²) in [4.78, 5) is 0. The van der Waals surface area contributed by atoms with E-state index in [-0.39, 0.29) is 11.9 Å².